The molecule has 2 heterocycles. The summed E-state index contributed by atoms with van der Waals surface area (Å²) in [4.78, 5) is 15.4. The highest BCUT2D eigenvalue weighted by atomic mass is 19.1. The Bertz CT molecular complexity index is 894. The third-order valence-corrected chi connectivity index (χ3v) is 4.26. The van der Waals surface area contributed by atoms with Gasteiger partial charge in [0.1, 0.15) is 11.6 Å². The number of fused-ring (bicyclic) bond motifs is 1. The fourth-order valence-electron chi connectivity index (χ4n) is 2.86. The zero-order valence-corrected chi connectivity index (χ0v) is 14.8. The van der Waals surface area contributed by atoms with Crippen LogP contribution in [0.5, 0.6) is 0 Å². The lowest BCUT2D eigenvalue weighted by atomic mass is 10.1. The lowest BCUT2D eigenvalue weighted by Gasteiger charge is -2.04. The van der Waals surface area contributed by atoms with Crippen molar-refractivity contribution in [3.63, 3.8) is 0 Å². The number of nitrogens with zero attached hydrogens (tertiary/aromatic N) is 2. The Labute approximate surface area is 146 Å². The van der Waals surface area contributed by atoms with Crippen molar-refractivity contribution >= 4 is 22.6 Å². The molecule has 3 rings (SSSR count). The maximum absolute atomic E-state index is 13.4. The highest BCUT2D eigenvalue weighted by Gasteiger charge is 2.13. The summed E-state index contributed by atoms with van der Waals surface area (Å²) in [6.45, 7) is 4.35. The van der Waals surface area contributed by atoms with Crippen molar-refractivity contribution in [2.24, 2.45) is 13.0 Å². The Morgan fingerprint density at radius 3 is 2.92 bits per heavy atom. The van der Waals surface area contributed by atoms with Crippen LogP contribution in [0.1, 0.15) is 31.5 Å². The van der Waals surface area contributed by atoms with E-state index >= 15 is 0 Å². The van der Waals surface area contributed by atoms with Gasteiger partial charge in [0.15, 0.2) is 0 Å². The van der Waals surface area contributed by atoms with Crippen LogP contribution in [0.3, 0.4) is 0 Å². The molecule has 3 aromatic rings. The average molecular weight is 342 g/mol. The largest absolute Gasteiger partial charge is 0.361 e. The molecule has 0 unspecified atom stereocenters. The van der Waals surface area contributed by atoms with Gasteiger partial charge in [0.05, 0.1) is 12.1 Å². The summed E-state index contributed by atoms with van der Waals surface area (Å²) >= 11 is 0. The van der Waals surface area contributed by atoms with Gasteiger partial charge in [0.25, 0.3) is 0 Å². The van der Waals surface area contributed by atoms with Gasteiger partial charge < -0.3 is 10.3 Å². The van der Waals surface area contributed by atoms with Gasteiger partial charge >= 0.3 is 0 Å². The third kappa shape index (κ3) is 4.07. The number of hydrogen-bond acceptors (Lipinski definition) is 2. The van der Waals surface area contributed by atoms with Crippen LogP contribution in [0.4, 0.5) is 10.2 Å². The molecule has 25 heavy (non-hydrogen) atoms. The van der Waals surface area contributed by atoms with Crippen LogP contribution in [0.2, 0.25) is 0 Å². The zero-order valence-electron chi connectivity index (χ0n) is 14.8. The van der Waals surface area contributed by atoms with Crippen LogP contribution in [0.25, 0.3) is 10.9 Å². The SMILES string of the molecule is CC(C)CCc1cc(NC(=O)Cc2c[nH]c3ccc(F)cc23)n(C)n1. The van der Waals surface area contributed by atoms with Gasteiger partial charge in [-0.2, -0.15) is 5.10 Å². The van der Waals surface area contributed by atoms with E-state index in [1.54, 1.807) is 16.9 Å². The van der Waals surface area contributed by atoms with Gasteiger partial charge in [0.2, 0.25) is 5.91 Å². The predicted molar refractivity (Wildman–Crippen MR) is 97.0 cm³/mol. The fraction of sp³-hybridized carbons (Fsp3) is 0.368. The lowest BCUT2D eigenvalue weighted by molar-refractivity contribution is -0.115. The average Bonchev–Trinajstić information content (AvgIpc) is 3.09. The Morgan fingerprint density at radius 1 is 1.36 bits per heavy atom. The minimum atomic E-state index is -0.310. The minimum absolute atomic E-state index is 0.149. The summed E-state index contributed by atoms with van der Waals surface area (Å²) in [6.07, 6.45) is 3.88. The first-order valence-electron chi connectivity index (χ1n) is 8.50. The van der Waals surface area contributed by atoms with Crippen molar-refractivity contribution in [3.8, 4) is 0 Å². The van der Waals surface area contributed by atoms with Gasteiger partial charge in [0, 0.05) is 30.2 Å². The number of hydrogen-bond donors (Lipinski definition) is 2. The number of nitrogens with one attached hydrogen (secondary N) is 2. The maximum Gasteiger partial charge on any atom is 0.230 e. The normalized spacial score (nSPS) is 11.4. The van der Waals surface area contributed by atoms with E-state index in [1.165, 1.54) is 12.1 Å². The fourth-order valence-corrected chi connectivity index (χ4v) is 2.86. The molecule has 0 bridgehead atoms. The summed E-state index contributed by atoms with van der Waals surface area (Å²) in [5, 5.41) is 8.06. The van der Waals surface area contributed by atoms with Crippen molar-refractivity contribution in [1.29, 1.82) is 0 Å². The van der Waals surface area contributed by atoms with E-state index in [0.717, 1.165) is 35.0 Å². The molecule has 0 saturated heterocycles. The summed E-state index contributed by atoms with van der Waals surface area (Å²) in [6, 6.07) is 6.43. The zero-order chi connectivity index (χ0) is 18.0. The number of H-pyrrole nitrogens is 1. The van der Waals surface area contributed by atoms with Gasteiger partial charge in [-0.3, -0.25) is 9.48 Å². The molecular formula is C19H23FN4O. The number of anilines is 1. The first-order valence-corrected chi connectivity index (χ1v) is 8.50. The van der Waals surface area contributed by atoms with Crippen molar-refractivity contribution in [2.45, 2.75) is 33.1 Å². The molecule has 132 valence electrons. The van der Waals surface area contributed by atoms with Crippen LogP contribution < -0.4 is 5.32 Å². The number of carbonyl (C=O) groups is 1. The van der Waals surface area contributed by atoms with E-state index < -0.39 is 0 Å². The monoisotopic (exact) mass is 342 g/mol. The van der Waals surface area contributed by atoms with Crippen LogP contribution in [0, 0.1) is 11.7 Å². The summed E-state index contributed by atoms with van der Waals surface area (Å²) in [5.74, 6) is 0.829. The van der Waals surface area contributed by atoms with Crippen molar-refractivity contribution in [3.05, 3.63) is 47.5 Å². The molecule has 0 radical (unpaired) electrons. The summed E-state index contributed by atoms with van der Waals surface area (Å²) < 4.78 is 15.1. The maximum atomic E-state index is 13.4. The number of rotatable bonds is 6. The number of aromatic amines is 1. The molecule has 5 nitrogen and oxygen atoms in total. The second kappa shape index (κ2) is 7.09. The first kappa shape index (κ1) is 17.2. The van der Waals surface area contributed by atoms with E-state index in [2.05, 4.69) is 29.2 Å². The molecule has 0 aliphatic carbocycles. The number of benzene rings is 1. The number of aryl methyl sites for hydroxylation is 2. The predicted octanol–water partition coefficient (Wildman–Crippen LogP) is 3.81. The van der Waals surface area contributed by atoms with E-state index in [9.17, 15) is 9.18 Å². The minimum Gasteiger partial charge on any atom is -0.361 e. The van der Waals surface area contributed by atoms with Crippen LogP contribution in [-0.2, 0) is 24.7 Å². The smallest absolute Gasteiger partial charge is 0.230 e. The molecule has 0 fully saturated rings. The highest BCUT2D eigenvalue weighted by Crippen LogP contribution is 2.20. The van der Waals surface area contributed by atoms with Gasteiger partial charge in [-0.1, -0.05) is 13.8 Å². The molecular weight excluding hydrogens is 319 g/mol. The Kier molecular flexibility index (Phi) is 4.88. The quantitative estimate of drug-likeness (QED) is 0.715. The van der Waals surface area contributed by atoms with Gasteiger partial charge in [-0.25, -0.2) is 4.39 Å². The Balaban J connectivity index is 1.69. The second-order valence-corrected chi connectivity index (χ2v) is 6.81. The van der Waals surface area contributed by atoms with Crippen molar-refractivity contribution in [2.75, 3.05) is 5.32 Å². The van der Waals surface area contributed by atoms with Crippen LogP contribution in [0.15, 0.2) is 30.5 Å². The molecule has 1 aromatic carbocycles. The van der Waals surface area contributed by atoms with E-state index in [1.807, 2.05) is 13.1 Å². The molecule has 0 aliphatic heterocycles. The number of halogens is 1. The number of amides is 1. The molecule has 0 aliphatic rings. The first-order chi connectivity index (χ1) is 11.9. The topological polar surface area (TPSA) is 62.7 Å². The molecule has 0 saturated carbocycles. The Hall–Kier alpha value is -2.63. The van der Waals surface area contributed by atoms with Crippen LogP contribution >= 0.6 is 0 Å². The molecule has 0 spiro atoms. The Morgan fingerprint density at radius 2 is 2.16 bits per heavy atom. The van der Waals surface area contributed by atoms with Gasteiger partial charge in [-0.15, -0.1) is 0 Å². The van der Waals surface area contributed by atoms with E-state index in [-0.39, 0.29) is 18.1 Å². The summed E-state index contributed by atoms with van der Waals surface area (Å²) in [7, 11) is 1.82. The lowest BCUT2D eigenvalue weighted by Crippen LogP contribution is -2.16. The number of carbonyl (C=O) groups excluding carboxylic acids is 1. The molecule has 0 atom stereocenters. The van der Waals surface area contributed by atoms with Crippen molar-refractivity contribution in [1.82, 2.24) is 14.8 Å². The standard InChI is InChI=1S/C19H23FN4O/c1-12(2)4-6-15-10-18(24(3)23-15)22-19(25)8-13-11-21-17-7-5-14(20)9-16(13)17/h5,7,9-12,21H,4,6,8H2,1-3H3,(H,22,25). The van der Waals surface area contributed by atoms with E-state index in [0.29, 0.717) is 11.7 Å². The third-order valence-electron chi connectivity index (χ3n) is 4.26. The number of aromatic nitrogens is 3. The second-order valence-electron chi connectivity index (χ2n) is 6.81. The van der Waals surface area contributed by atoms with Gasteiger partial charge in [-0.05, 0) is 42.5 Å². The molecule has 6 heteroatoms. The molecule has 1 amide bonds. The van der Waals surface area contributed by atoms with E-state index in [4.69, 9.17) is 0 Å². The van der Waals surface area contributed by atoms with Crippen molar-refractivity contribution < 1.29 is 9.18 Å². The summed E-state index contributed by atoms with van der Waals surface area (Å²) in [5.41, 5.74) is 2.57. The molecule has 2 N–H and O–H groups in total. The molecule has 2 aromatic heterocycles. The van der Waals surface area contributed by atoms with Crippen LogP contribution in [-0.4, -0.2) is 20.7 Å². The highest BCUT2D eigenvalue weighted by molar-refractivity contribution is 5.95.